The van der Waals surface area contributed by atoms with Crippen LogP contribution in [0.15, 0.2) is 18.2 Å². The summed E-state index contributed by atoms with van der Waals surface area (Å²) in [7, 11) is 1.38. The Morgan fingerprint density at radius 1 is 1.20 bits per heavy atom. The van der Waals surface area contributed by atoms with Crippen molar-refractivity contribution in [2.45, 2.75) is 12.6 Å². The van der Waals surface area contributed by atoms with Gasteiger partial charge in [-0.3, -0.25) is 0 Å². The van der Waals surface area contributed by atoms with E-state index in [-0.39, 0.29) is 5.75 Å². The standard InChI is InChI=1S/C14H19F3N2O/c1-20-13-9-11(8-12(10-13)14(15,16)17)2-5-19-6-3-18-4-7-19/h8-10,18H,2-7H2,1H3. The van der Waals surface area contributed by atoms with Crippen molar-refractivity contribution < 1.29 is 17.9 Å². The van der Waals surface area contributed by atoms with Crippen molar-refractivity contribution in [2.75, 3.05) is 39.8 Å². The fraction of sp³-hybridized carbons (Fsp3) is 0.571. The van der Waals surface area contributed by atoms with E-state index in [2.05, 4.69) is 10.2 Å². The van der Waals surface area contributed by atoms with Crippen LogP contribution in [0.1, 0.15) is 11.1 Å². The van der Waals surface area contributed by atoms with Crippen LogP contribution in [0.2, 0.25) is 0 Å². The molecule has 0 spiro atoms. The molecule has 1 aromatic rings. The van der Waals surface area contributed by atoms with E-state index in [9.17, 15) is 13.2 Å². The highest BCUT2D eigenvalue weighted by atomic mass is 19.4. The molecule has 1 aromatic carbocycles. The Kier molecular flexibility index (Phi) is 4.88. The summed E-state index contributed by atoms with van der Waals surface area (Å²) in [6.45, 7) is 4.52. The van der Waals surface area contributed by atoms with Gasteiger partial charge in [0.05, 0.1) is 12.7 Å². The summed E-state index contributed by atoms with van der Waals surface area (Å²) in [6, 6.07) is 3.93. The van der Waals surface area contributed by atoms with Gasteiger partial charge in [0, 0.05) is 32.7 Å². The molecule has 0 atom stereocenters. The molecule has 1 aliphatic rings. The zero-order chi connectivity index (χ0) is 14.6. The Bertz CT molecular complexity index is 443. The van der Waals surface area contributed by atoms with Gasteiger partial charge >= 0.3 is 6.18 Å². The van der Waals surface area contributed by atoms with Gasteiger partial charge < -0.3 is 15.0 Å². The lowest BCUT2D eigenvalue weighted by atomic mass is 10.1. The highest BCUT2D eigenvalue weighted by Gasteiger charge is 2.31. The number of hydrogen-bond donors (Lipinski definition) is 1. The third kappa shape index (κ3) is 4.11. The van der Waals surface area contributed by atoms with Gasteiger partial charge in [-0.1, -0.05) is 0 Å². The molecule has 112 valence electrons. The smallest absolute Gasteiger partial charge is 0.416 e. The van der Waals surface area contributed by atoms with E-state index in [1.807, 2.05) is 0 Å². The first-order chi connectivity index (χ1) is 9.49. The summed E-state index contributed by atoms with van der Waals surface area (Å²) in [5.74, 6) is 0.259. The first-order valence-electron chi connectivity index (χ1n) is 6.67. The Labute approximate surface area is 116 Å². The van der Waals surface area contributed by atoms with Crippen LogP contribution in [0.3, 0.4) is 0 Å². The summed E-state index contributed by atoms with van der Waals surface area (Å²) in [5, 5.41) is 3.25. The summed E-state index contributed by atoms with van der Waals surface area (Å²) in [6.07, 6.45) is -3.74. The Balaban J connectivity index is 2.06. The quantitative estimate of drug-likeness (QED) is 0.919. The van der Waals surface area contributed by atoms with E-state index in [0.29, 0.717) is 12.0 Å². The molecule has 0 aromatic heterocycles. The van der Waals surface area contributed by atoms with Gasteiger partial charge in [0.25, 0.3) is 0 Å². The van der Waals surface area contributed by atoms with Crippen LogP contribution in [-0.2, 0) is 12.6 Å². The molecule has 3 nitrogen and oxygen atoms in total. The molecule has 0 amide bonds. The van der Waals surface area contributed by atoms with Gasteiger partial charge in [-0.15, -0.1) is 0 Å². The second kappa shape index (κ2) is 6.45. The molecule has 1 N–H and O–H groups in total. The summed E-state index contributed by atoms with van der Waals surface area (Å²) >= 11 is 0. The van der Waals surface area contributed by atoms with E-state index in [1.54, 1.807) is 6.07 Å². The third-order valence-corrected chi connectivity index (χ3v) is 3.46. The summed E-state index contributed by atoms with van der Waals surface area (Å²) < 4.78 is 43.4. The third-order valence-electron chi connectivity index (χ3n) is 3.46. The maximum absolute atomic E-state index is 12.8. The van der Waals surface area contributed by atoms with Gasteiger partial charge in [0.15, 0.2) is 0 Å². The van der Waals surface area contributed by atoms with E-state index in [4.69, 9.17) is 4.74 Å². The lowest BCUT2D eigenvalue weighted by molar-refractivity contribution is -0.137. The largest absolute Gasteiger partial charge is 0.497 e. The summed E-state index contributed by atoms with van der Waals surface area (Å²) in [4.78, 5) is 2.25. The van der Waals surface area contributed by atoms with Crippen molar-refractivity contribution in [2.24, 2.45) is 0 Å². The van der Waals surface area contributed by atoms with Gasteiger partial charge in [0.2, 0.25) is 0 Å². The molecule has 1 heterocycles. The van der Waals surface area contributed by atoms with Gasteiger partial charge in [-0.2, -0.15) is 13.2 Å². The predicted molar refractivity (Wildman–Crippen MR) is 71.0 cm³/mol. The number of benzene rings is 1. The predicted octanol–water partition coefficient (Wildman–Crippen LogP) is 2.16. The summed E-state index contributed by atoms with van der Waals surface area (Å²) in [5.41, 5.74) is 0.0161. The zero-order valence-corrected chi connectivity index (χ0v) is 11.5. The number of rotatable bonds is 4. The van der Waals surface area contributed by atoms with Crippen molar-refractivity contribution in [1.82, 2.24) is 10.2 Å². The highest BCUT2D eigenvalue weighted by Crippen LogP contribution is 2.32. The van der Waals surface area contributed by atoms with E-state index < -0.39 is 11.7 Å². The minimum absolute atomic E-state index is 0.259. The lowest BCUT2D eigenvalue weighted by Gasteiger charge is -2.27. The van der Waals surface area contributed by atoms with Crippen LogP contribution in [0, 0.1) is 0 Å². The van der Waals surface area contributed by atoms with Gasteiger partial charge in [-0.25, -0.2) is 0 Å². The highest BCUT2D eigenvalue weighted by molar-refractivity contribution is 5.36. The van der Waals surface area contributed by atoms with Crippen LogP contribution in [0.4, 0.5) is 13.2 Å². The molecular formula is C14H19F3N2O. The number of nitrogens with zero attached hydrogens (tertiary/aromatic N) is 1. The fourth-order valence-corrected chi connectivity index (χ4v) is 2.31. The topological polar surface area (TPSA) is 24.5 Å². The van der Waals surface area contributed by atoms with Gasteiger partial charge in [-0.05, 0) is 30.2 Å². The maximum atomic E-state index is 12.8. The second-order valence-electron chi connectivity index (χ2n) is 4.91. The van der Waals surface area contributed by atoms with E-state index in [1.165, 1.54) is 13.2 Å². The first-order valence-corrected chi connectivity index (χ1v) is 6.67. The minimum Gasteiger partial charge on any atom is -0.497 e. The molecule has 6 heteroatoms. The average Bonchev–Trinajstić information content (AvgIpc) is 2.45. The Hall–Kier alpha value is -1.27. The molecule has 2 rings (SSSR count). The molecule has 0 unspecified atom stereocenters. The maximum Gasteiger partial charge on any atom is 0.416 e. The Morgan fingerprint density at radius 2 is 1.90 bits per heavy atom. The molecule has 1 fully saturated rings. The van der Waals surface area contributed by atoms with Crippen molar-refractivity contribution in [3.63, 3.8) is 0 Å². The zero-order valence-electron chi connectivity index (χ0n) is 11.5. The lowest BCUT2D eigenvalue weighted by Crippen LogP contribution is -2.44. The van der Waals surface area contributed by atoms with Crippen molar-refractivity contribution in [3.8, 4) is 5.75 Å². The first kappa shape index (κ1) is 15.1. The van der Waals surface area contributed by atoms with Crippen LogP contribution in [-0.4, -0.2) is 44.7 Å². The molecule has 0 saturated carbocycles. The minimum atomic E-state index is -4.33. The van der Waals surface area contributed by atoms with Crippen molar-refractivity contribution >= 4 is 0 Å². The number of halogens is 3. The molecule has 0 bridgehead atoms. The number of methoxy groups -OCH3 is 1. The van der Waals surface area contributed by atoms with E-state index >= 15 is 0 Å². The molecule has 1 saturated heterocycles. The Morgan fingerprint density at radius 3 is 2.50 bits per heavy atom. The van der Waals surface area contributed by atoms with Crippen LogP contribution in [0.5, 0.6) is 5.75 Å². The van der Waals surface area contributed by atoms with Crippen molar-refractivity contribution in [1.29, 1.82) is 0 Å². The number of nitrogens with one attached hydrogen (secondary N) is 1. The molecule has 0 aliphatic carbocycles. The normalized spacial score (nSPS) is 17.2. The van der Waals surface area contributed by atoms with Crippen LogP contribution in [0.25, 0.3) is 0 Å². The number of piperazine rings is 1. The fourth-order valence-electron chi connectivity index (χ4n) is 2.31. The monoisotopic (exact) mass is 288 g/mol. The van der Waals surface area contributed by atoms with E-state index in [0.717, 1.165) is 38.8 Å². The molecule has 1 aliphatic heterocycles. The SMILES string of the molecule is COc1cc(CCN2CCNCC2)cc(C(F)(F)F)c1. The van der Waals surface area contributed by atoms with Crippen LogP contribution >= 0.6 is 0 Å². The molecule has 20 heavy (non-hydrogen) atoms. The number of ether oxygens (including phenoxy) is 1. The van der Waals surface area contributed by atoms with Gasteiger partial charge in [0.1, 0.15) is 5.75 Å². The average molecular weight is 288 g/mol. The number of hydrogen-bond acceptors (Lipinski definition) is 3. The number of alkyl halides is 3. The molecule has 0 radical (unpaired) electrons. The molecular weight excluding hydrogens is 269 g/mol. The van der Waals surface area contributed by atoms with Crippen molar-refractivity contribution in [3.05, 3.63) is 29.3 Å². The van der Waals surface area contributed by atoms with Crippen LogP contribution < -0.4 is 10.1 Å². The second-order valence-corrected chi connectivity index (χ2v) is 4.91.